The van der Waals surface area contributed by atoms with Gasteiger partial charge in [-0.15, -0.1) is 0 Å². The molecular formula is C11H14N2O2. The molecule has 1 rings (SSSR count). The molecule has 80 valence electrons. The topological polar surface area (TPSA) is 52.1 Å². The Morgan fingerprint density at radius 3 is 2.60 bits per heavy atom. The zero-order valence-corrected chi connectivity index (χ0v) is 8.93. The van der Waals surface area contributed by atoms with Crippen molar-refractivity contribution in [3.05, 3.63) is 29.9 Å². The van der Waals surface area contributed by atoms with Crippen LogP contribution in [-0.2, 0) is 16.0 Å². The third-order valence-electron chi connectivity index (χ3n) is 1.74. The van der Waals surface area contributed by atoms with Crippen LogP contribution in [0.1, 0.15) is 25.2 Å². The molecule has 0 amide bonds. The van der Waals surface area contributed by atoms with Crippen LogP contribution >= 0.6 is 0 Å². The van der Waals surface area contributed by atoms with E-state index in [1.807, 2.05) is 6.92 Å². The van der Waals surface area contributed by atoms with Crippen LogP contribution in [0, 0.1) is 0 Å². The van der Waals surface area contributed by atoms with Gasteiger partial charge in [-0.05, 0) is 13.0 Å². The number of hydrogen-bond donors (Lipinski definition) is 0. The fourth-order valence-corrected chi connectivity index (χ4v) is 0.988. The van der Waals surface area contributed by atoms with Gasteiger partial charge in [-0.3, -0.25) is 0 Å². The summed E-state index contributed by atoms with van der Waals surface area (Å²) < 4.78 is 4.74. The molecule has 1 heterocycles. The molecule has 0 saturated heterocycles. The summed E-state index contributed by atoms with van der Waals surface area (Å²) in [5.41, 5.74) is 0.792. The second-order valence-electron chi connectivity index (χ2n) is 2.87. The Hall–Kier alpha value is -1.71. The predicted molar refractivity (Wildman–Crippen MR) is 57.1 cm³/mol. The second-order valence-corrected chi connectivity index (χ2v) is 2.87. The number of carbonyl (C=O) groups excluding carboxylic acids is 1. The van der Waals surface area contributed by atoms with E-state index in [9.17, 15) is 4.79 Å². The summed E-state index contributed by atoms with van der Waals surface area (Å²) in [4.78, 5) is 19.2. The average molecular weight is 206 g/mol. The van der Waals surface area contributed by atoms with Gasteiger partial charge in [0.25, 0.3) is 0 Å². The molecule has 0 unspecified atom stereocenters. The molecule has 0 spiro atoms. The van der Waals surface area contributed by atoms with Gasteiger partial charge < -0.3 is 4.74 Å². The van der Waals surface area contributed by atoms with E-state index >= 15 is 0 Å². The molecule has 0 atom stereocenters. The lowest BCUT2D eigenvalue weighted by atomic mass is 10.3. The number of hydrogen-bond acceptors (Lipinski definition) is 4. The highest BCUT2D eigenvalue weighted by Gasteiger charge is 1.95. The number of rotatable bonds is 4. The Balaban J connectivity index is 2.60. The van der Waals surface area contributed by atoms with Crippen LogP contribution in [0.4, 0.5) is 0 Å². The van der Waals surface area contributed by atoms with Gasteiger partial charge in [-0.1, -0.05) is 6.92 Å². The minimum atomic E-state index is -0.350. The zero-order chi connectivity index (χ0) is 11.1. The van der Waals surface area contributed by atoms with E-state index in [4.69, 9.17) is 4.74 Å². The Morgan fingerprint density at radius 2 is 2.07 bits per heavy atom. The molecule has 0 aliphatic rings. The highest BCUT2D eigenvalue weighted by atomic mass is 16.5. The van der Waals surface area contributed by atoms with Crippen LogP contribution in [0.5, 0.6) is 0 Å². The van der Waals surface area contributed by atoms with Crippen molar-refractivity contribution in [3.8, 4) is 0 Å². The van der Waals surface area contributed by atoms with E-state index in [-0.39, 0.29) is 5.97 Å². The Labute approximate surface area is 89.0 Å². The van der Waals surface area contributed by atoms with Crippen molar-refractivity contribution in [2.24, 2.45) is 0 Å². The second kappa shape index (κ2) is 5.90. The highest BCUT2D eigenvalue weighted by molar-refractivity contribution is 5.86. The van der Waals surface area contributed by atoms with E-state index in [1.54, 1.807) is 25.4 Å². The maximum atomic E-state index is 11.0. The largest absolute Gasteiger partial charge is 0.463 e. The molecule has 4 nitrogen and oxygen atoms in total. The molecule has 0 N–H and O–H groups in total. The van der Waals surface area contributed by atoms with Gasteiger partial charge in [0.15, 0.2) is 0 Å². The molecule has 0 aromatic carbocycles. The molecule has 1 aromatic heterocycles. The molecule has 4 heteroatoms. The molecular weight excluding hydrogens is 192 g/mol. The van der Waals surface area contributed by atoms with Crippen LogP contribution in [0.3, 0.4) is 0 Å². The first-order valence-electron chi connectivity index (χ1n) is 4.92. The van der Waals surface area contributed by atoms with E-state index in [0.29, 0.717) is 6.61 Å². The lowest BCUT2D eigenvalue weighted by Gasteiger charge is -1.96. The quantitative estimate of drug-likeness (QED) is 0.555. The summed E-state index contributed by atoms with van der Waals surface area (Å²) in [5, 5.41) is 0. The predicted octanol–water partition coefficient (Wildman–Crippen LogP) is 1.62. The number of aryl methyl sites for hydroxylation is 1. The first-order valence-corrected chi connectivity index (χ1v) is 4.92. The molecule has 15 heavy (non-hydrogen) atoms. The van der Waals surface area contributed by atoms with Crippen LogP contribution in [0.25, 0.3) is 6.08 Å². The van der Waals surface area contributed by atoms with Crippen molar-refractivity contribution in [1.29, 1.82) is 0 Å². The molecule has 0 fully saturated rings. The van der Waals surface area contributed by atoms with E-state index in [0.717, 1.165) is 17.8 Å². The van der Waals surface area contributed by atoms with E-state index in [2.05, 4.69) is 9.97 Å². The number of carbonyl (C=O) groups is 1. The Kier molecular flexibility index (Phi) is 4.47. The minimum Gasteiger partial charge on any atom is -0.463 e. The van der Waals surface area contributed by atoms with Gasteiger partial charge in [0.1, 0.15) is 5.82 Å². The molecule has 0 aliphatic heterocycles. The maximum Gasteiger partial charge on any atom is 0.330 e. The van der Waals surface area contributed by atoms with Crippen LogP contribution < -0.4 is 0 Å². The van der Waals surface area contributed by atoms with Crippen molar-refractivity contribution >= 4 is 12.0 Å². The van der Waals surface area contributed by atoms with Crippen molar-refractivity contribution in [3.63, 3.8) is 0 Å². The lowest BCUT2D eigenvalue weighted by Crippen LogP contribution is -1.98. The van der Waals surface area contributed by atoms with Crippen LogP contribution in [-0.4, -0.2) is 22.5 Å². The first kappa shape index (κ1) is 11.4. The third-order valence-corrected chi connectivity index (χ3v) is 1.74. The zero-order valence-electron chi connectivity index (χ0n) is 8.93. The van der Waals surface area contributed by atoms with Crippen molar-refractivity contribution < 1.29 is 9.53 Å². The smallest absolute Gasteiger partial charge is 0.330 e. The minimum absolute atomic E-state index is 0.350. The SMILES string of the molecule is CCOC(=O)/C=C/c1cnc(CC)nc1. The summed E-state index contributed by atoms with van der Waals surface area (Å²) in [6.07, 6.45) is 7.18. The number of esters is 1. The van der Waals surface area contributed by atoms with Crippen molar-refractivity contribution in [2.75, 3.05) is 6.61 Å². The number of ether oxygens (including phenoxy) is 1. The number of aromatic nitrogens is 2. The fourth-order valence-electron chi connectivity index (χ4n) is 0.988. The van der Waals surface area contributed by atoms with Gasteiger partial charge in [-0.25, -0.2) is 14.8 Å². The Bertz CT molecular complexity index is 344. The highest BCUT2D eigenvalue weighted by Crippen LogP contribution is 1.99. The molecule has 1 aromatic rings. The fraction of sp³-hybridized carbons (Fsp3) is 0.364. The van der Waals surface area contributed by atoms with Gasteiger partial charge >= 0.3 is 5.97 Å². The average Bonchev–Trinajstić information content (AvgIpc) is 2.27. The summed E-state index contributed by atoms with van der Waals surface area (Å²) in [5.74, 6) is 0.445. The van der Waals surface area contributed by atoms with Gasteiger partial charge in [0, 0.05) is 30.5 Å². The van der Waals surface area contributed by atoms with Crippen molar-refractivity contribution in [1.82, 2.24) is 9.97 Å². The third kappa shape index (κ3) is 3.89. The summed E-state index contributed by atoms with van der Waals surface area (Å²) in [6.45, 7) is 4.14. The maximum absolute atomic E-state index is 11.0. The molecule has 0 aliphatic carbocycles. The Morgan fingerprint density at radius 1 is 1.40 bits per heavy atom. The standard InChI is InChI=1S/C11H14N2O2/c1-3-10-12-7-9(8-13-10)5-6-11(14)15-4-2/h5-8H,3-4H2,1-2H3/b6-5+. The van der Waals surface area contributed by atoms with Gasteiger partial charge in [0.05, 0.1) is 6.61 Å². The lowest BCUT2D eigenvalue weighted by molar-refractivity contribution is -0.137. The van der Waals surface area contributed by atoms with Crippen molar-refractivity contribution in [2.45, 2.75) is 20.3 Å². The number of nitrogens with zero attached hydrogens (tertiary/aromatic N) is 2. The summed E-state index contributed by atoms with van der Waals surface area (Å²) >= 11 is 0. The normalized spacial score (nSPS) is 10.5. The van der Waals surface area contributed by atoms with E-state index < -0.39 is 0 Å². The molecule has 0 saturated carbocycles. The summed E-state index contributed by atoms with van der Waals surface area (Å²) in [6, 6.07) is 0. The van der Waals surface area contributed by atoms with Gasteiger partial charge in [-0.2, -0.15) is 0 Å². The monoisotopic (exact) mass is 206 g/mol. The van der Waals surface area contributed by atoms with Crippen LogP contribution in [0.2, 0.25) is 0 Å². The van der Waals surface area contributed by atoms with Gasteiger partial charge in [0.2, 0.25) is 0 Å². The molecule has 0 bridgehead atoms. The summed E-state index contributed by atoms with van der Waals surface area (Å²) in [7, 11) is 0. The first-order chi connectivity index (χ1) is 7.26. The molecule has 0 radical (unpaired) electrons. The van der Waals surface area contributed by atoms with E-state index in [1.165, 1.54) is 6.08 Å². The van der Waals surface area contributed by atoms with Crippen LogP contribution in [0.15, 0.2) is 18.5 Å².